The molecule has 0 aliphatic rings. The van der Waals surface area contributed by atoms with Crippen LogP contribution in [-0.4, -0.2) is 9.55 Å². The summed E-state index contributed by atoms with van der Waals surface area (Å²) in [5, 5.41) is 8.84. The monoisotopic (exact) mass is 201 g/mol. The molecule has 3 nitrogen and oxygen atoms in total. The highest BCUT2D eigenvalue weighted by molar-refractivity contribution is 5.65. The Morgan fingerprint density at radius 2 is 2.13 bits per heavy atom. The van der Waals surface area contributed by atoms with Crippen LogP contribution in [0.2, 0.25) is 0 Å². The summed E-state index contributed by atoms with van der Waals surface area (Å²) in [5.74, 6) is -0.349. The van der Waals surface area contributed by atoms with Crippen LogP contribution in [0.25, 0.3) is 11.3 Å². The maximum atomic E-state index is 13.5. The zero-order valence-electron chi connectivity index (χ0n) is 8.11. The Balaban J connectivity index is 2.70. The third kappa shape index (κ3) is 1.48. The minimum atomic E-state index is -0.349. The Labute approximate surface area is 86.4 Å². The van der Waals surface area contributed by atoms with Gasteiger partial charge in [0.2, 0.25) is 0 Å². The lowest BCUT2D eigenvalue weighted by atomic mass is 10.1. The van der Waals surface area contributed by atoms with E-state index in [0.29, 0.717) is 11.3 Å². The van der Waals surface area contributed by atoms with Crippen LogP contribution in [-0.2, 0) is 7.05 Å². The van der Waals surface area contributed by atoms with Crippen LogP contribution >= 0.6 is 0 Å². The molecule has 0 saturated heterocycles. The molecule has 0 saturated carbocycles. The molecule has 0 amide bonds. The van der Waals surface area contributed by atoms with Crippen molar-refractivity contribution in [3.63, 3.8) is 0 Å². The molecule has 0 spiro atoms. The molecule has 0 radical (unpaired) electrons. The van der Waals surface area contributed by atoms with Gasteiger partial charge in [0.15, 0.2) is 5.69 Å². The molecule has 15 heavy (non-hydrogen) atoms. The number of benzene rings is 1. The molecule has 4 heteroatoms. The molecule has 0 aliphatic carbocycles. The van der Waals surface area contributed by atoms with Gasteiger partial charge in [0.05, 0.1) is 12.0 Å². The van der Waals surface area contributed by atoms with E-state index in [4.69, 9.17) is 5.26 Å². The number of hydrogen-bond acceptors (Lipinski definition) is 2. The Morgan fingerprint density at radius 3 is 2.80 bits per heavy atom. The van der Waals surface area contributed by atoms with Gasteiger partial charge in [-0.15, -0.1) is 0 Å². The molecule has 2 aromatic rings. The summed E-state index contributed by atoms with van der Waals surface area (Å²) in [7, 11) is 1.73. The van der Waals surface area contributed by atoms with Crippen LogP contribution in [0.15, 0.2) is 30.6 Å². The van der Waals surface area contributed by atoms with Gasteiger partial charge < -0.3 is 4.57 Å². The Hall–Kier alpha value is -2.15. The number of halogens is 1. The Kier molecular flexibility index (Phi) is 2.22. The van der Waals surface area contributed by atoms with Gasteiger partial charge in [-0.3, -0.25) is 0 Å². The van der Waals surface area contributed by atoms with Gasteiger partial charge in [-0.1, -0.05) is 12.1 Å². The van der Waals surface area contributed by atoms with Gasteiger partial charge in [-0.05, 0) is 12.1 Å². The molecule has 0 atom stereocenters. The minimum Gasteiger partial charge on any atom is -0.333 e. The van der Waals surface area contributed by atoms with E-state index in [1.54, 1.807) is 29.8 Å². The topological polar surface area (TPSA) is 41.6 Å². The van der Waals surface area contributed by atoms with Crippen molar-refractivity contribution in [1.82, 2.24) is 9.55 Å². The summed E-state index contributed by atoms with van der Waals surface area (Å²) in [4.78, 5) is 3.89. The third-order valence-electron chi connectivity index (χ3n) is 2.17. The summed E-state index contributed by atoms with van der Waals surface area (Å²) >= 11 is 0. The molecule has 0 fully saturated rings. The van der Waals surface area contributed by atoms with E-state index >= 15 is 0 Å². The fourth-order valence-electron chi connectivity index (χ4n) is 1.48. The maximum Gasteiger partial charge on any atom is 0.166 e. The molecule has 74 valence electrons. The second-order valence-corrected chi connectivity index (χ2v) is 3.14. The highest BCUT2D eigenvalue weighted by Gasteiger charge is 2.13. The first kappa shape index (κ1) is 9.41. The van der Waals surface area contributed by atoms with E-state index in [1.807, 2.05) is 6.07 Å². The van der Waals surface area contributed by atoms with Crippen LogP contribution in [0.1, 0.15) is 5.69 Å². The predicted molar refractivity (Wildman–Crippen MR) is 53.3 cm³/mol. The van der Waals surface area contributed by atoms with Gasteiger partial charge in [0, 0.05) is 12.6 Å². The van der Waals surface area contributed by atoms with Crippen molar-refractivity contribution < 1.29 is 4.39 Å². The molecular formula is C11H8FN3. The van der Waals surface area contributed by atoms with Gasteiger partial charge in [-0.2, -0.15) is 5.26 Å². The van der Waals surface area contributed by atoms with Crippen molar-refractivity contribution in [3.8, 4) is 17.3 Å². The fourth-order valence-corrected chi connectivity index (χ4v) is 1.48. The van der Waals surface area contributed by atoms with Crippen molar-refractivity contribution in [2.24, 2.45) is 7.05 Å². The van der Waals surface area contributed by atoms with Crippen molar-refractivity contribution in [1.29, 1.82) is 5.26 Å². The lowest BCUT2D eigenvalue weighted by Gasteiger charge is -2.03. The first-order chi connectivity index (χ1) is 7.24. The third-order valence-corrected chi connectivity index (χ3v) is 2.17. The first-order valence-corrected chi connectivity index (χ1v) is 4.40. The van der Waals surface area contributed by atoms with E-state index in [2.05, 4.69) is 4.98 Å². The normalized spacial score (nSPS) is 9.93. The minimum absolute atomic E-state index is 0.239. The van der Waals surface area contributed by atoms with Crippen molar-refractivity contribution in [2.45, 2.75) is 0 Å². The Bertz CT molecular complexity index is 537. The van der Waals surface area contributed by atoms with Crippen LogP contribution in [0.5, 0.6) is 0 Å². The molecule has 0 bridgehead atoms. The van der Waals surface area contributed by atoms with Crippen molar-refractivity contribution in [3.05, 3.63) is 42.1 Å². The molecular weight excluding hydrogens is 193 g/mol. The standard InChI is InChI=1S/C11H8FN3/c1-15-7-14-10(6-13)11(15)8-4-2-3-5-9(8)12/h2-5,7H,1H3. The number of aryl methyl sites for hydroxylation is 1. The zero-order valence-corrected chi connectivity index (χ0v) is 8.11. The summed E-state index contributed by atoms with van der Waals surface area (Å²) in [6.07, 6.45) is 1.50. The number of hydrogen-bond donors (Lipinski definition) is 0. The number of imidazole rings is 1. The second-order valence-electron chi connectivity index (χ2n) is 3.14. The van der Waals surface area contributed by atoms with Gasteiger partial charge in [0.25, 0.3) is 0 Å². The van der Waals surface area contributed by atoms with E-state index in [-0.39, 0.29) is 11.5 Å². The molecule has 0 N–H and O–H groups in total. The van der Waals surface area contributed by atoms with E-state index in [0.717, 1.165) is 0 Å². The maximum absolute atomic E-state index is 13.5. The van der Waals surface area contributed by atoms with E-state index < -0.39 is 0 Å². The summed E-state index contributed by atoms with van der Waals surface area (Å²) in [6, 6.07) is 8.28. The molecule has 0 unspecified atom stereocenters. The summed E-state index contributed by atoms with van der Waals surface area (Å²) < 4.78 is 15.1. The highest BCUT2D eigenvalue weighted by atomic mass is 19.1. The van der Waals surface area contributed by atoms with Gasteiger partial charge >= 0.3 is 0 Å². The van der Waals surface area contributed by atoms with E-state index in [1.165, 1.54) is 12.4 Å². The number of nitrogens with zero attached hydrogens (tertiary/aromatic N) is 3. The Morgan fingerprint density at radius 1 is 1.40 bits per heavy atom. The molecule has 1 aromatic heterocycles. The van der Waals surface area contributed by atoms with Gasteiger partial charge in [0.1, 0.15) is 11.9 Å². The van der Waals surface area contributed by atoms with Crippen LogP contribution < -0.4 is 0 Å². The fraction of sp³-hybridized carbons (Fsp3) is 0.0909. The number of aromatic nitrogens is 2. The average Bonchev–Trinajstić information content (AvgIpc) is 2.60. The second kappa shape index (κ2) is 3.54. The van der Waals surface area contributed by atoms with Crippen molar-refractivity contribution in [2.75, 3.05) is 0 Å². The quantitative estimate of drug-likeness (QED) is 0.709. The molecule has 1 aromatic carbocycles. The van der Waals surface area contributed by atoms with Crippen molar-refractivity contribution >= 4 is 0 Å². The largest absolute Gasteiger partial charge is 0.333 e. The van der Waals surface area contributed by atoms with Crippen LogP contribution in [0.3, 0.4) is 0 Å². The number of nitriles is 1. The number of rotatable bonds is 1. The molecule has 0 aliphatic heterocycles. The highest BCUT2D eigenvalue weighted by Crippen LogP contribution is 2.24. The van der Waals surface area contributed by atoms with Crippen LogP contribution in [0.4, 0.5) is 4.39 Å². The molecule has 2 rings (SSSR count). The lowest BCUT2D eigenvalue weighted by Crippen LogP contribution is -1.94. The average molecular weight is 201 g/mol. The summed E-state index contributed by atoms with van der Waals surface area (Å²) in [6.45, 7) is 0. The predicted octanol–water partition coefficient (Wildman–Crippen LogP) is 2.10. The smallest absolute Gasteiger partial charge is 0.166 e. The SMILES string of the molecule is Cn1cnc(C#N)c1-c1ccccc1F. The van der Waals surface area contributed by atoms with Crippen LogP contribution in [0, 0.1) is 17.1 Å². The lowest BCUT2D eigenvalue weighted by molar-refractivity contribution is 0.629. The summed E-state index contributed by atoms with van der Waals surface area (Å²) in [5.41, 5.74) is 1.15. The zero-order chi connectivity index (χ0) is 10.8. The first-order valence-electron chi connectivity index (χ1n) is 4.40. The molecule has 1 heterocycles. The van der Waals surface area contributed by atoms with E-state index in [9.17, 15) is 4.39 Å². The van der Waals surface area contributed by atoms with Gasteiger partial charge in [-0.25, -0.2) is 9.37 Å².